The van der Waals surface area contributed by atoms with Crippen LogP contribution in [0.1, 0.15) is 83.3 Å². The Hall–Kier alpha value is -5.25. The minimum atomic E-state index is -1.13. The van der Waals surface area contributed by atoms with Crippen LogP contribution in [0.15, 0.2) is 24.4 Å². The molecule has 0 radical (unpaired) electrons. The van der Waals surface area contributed by atoms with E-state index >= 15 is 0 Å². The lowest BCUT2D eigenvalue weighted by molar-refractivity contribution is -0.143. The molecule has 5 N–H and O–H groups in total. The van der Waals surface area contributed by atoms with Crippen molar-refractivity contribution in [2.45, 2.75) is 59.9 Å². The molecule has 1 aliphatic carbocycles. The van der Waals surface area contributed by atoms with Crippen molar-refractivity contribution < 1.29 is 29.0 Å². The highest BCUT2D eigenvalue weighted by atomic mass is 16.5. The van der Waals surface area contributed by atoms with E-state index in [0.29, 0.717) is 45.5 Å². The van der Waals surface area contributed by atoms with Gasteiger partial charge in [0.15, 0.2) is 5.78 Å². The molecule has 10 heteroatoms. The van der Waals surface area contributed by atoms with Crippen LogP contribution in [0.4, 0.5) is 0 Å². The van der Waals surface area contributed by atoms with E-state index in [2.05, 4.69) is 39.8 Å². The maximum Gasteiger partial charge on any atom is 0.320 e. The van der Waals surface area contributed by atoms with Crippen LogP contribution >= 0.6 is 0 Å². The van der Waals surface area contributed by atoms with Crippen molar-refractivity contribution in [2.75, 3.05) is 13.7 Å². The zero-order valence-electron chi connectivity index (χ0n) is 28.9. The summed E-state index contributed by atoms with van der Waals surface area (Å²) in [4.78, 5) is 51.0. The van der Waals surface area contributed by atoms with Crippen LogP contribution in [-0.4, -0.2) is 57.5 Å². The number of carbonyl (C=O) groups is 3. The van der Waals surface area contributed by atoms with Crippen LogP contribution in [-0.2, 0) is 25.5 Å². The van der Waals surface area contributed by atoms with Crippen LogP contribution in [0.2, 0.25) is 0 Å². The topological polar surface area (TPSA) is 149 Å². The molecule has 0 amide bonds. The molecule has 1 saturated heterocycles. The van der Waals surface area contributed by atoms with E-state index in [4.69, 9.17) is 9.47 Å². The number of aliphatic hydroxyl groups is 1. The molecule has 1 unspecified atom stereocenters. The van der Waals surface area contributed by atoms with Crippen molar-refractivity contribution in [3.8, 4) is 0 Å². The molecular formula is C39H44N4O6. The van der Waals surface area contributed by atoms with Gasteiger partial charge in [-0.3, -0.25) is 14.4 Å². The van der Waals surface area contributed by atoms with Crippen LogP contribution in [0.5, 0.6) is 0 Å². The van der Waals surface area contributed by atoms with Crippen LogP contribution in [0, 0.1) is 31.6 Å². The molecule has 6 rings (SSSR count). The average Bonchev–Trinajstić information content (AvgIpc) is 3.84. The van der Waals surface area contributed by atoms with Gasteiger partial charge in [-0.2, -0.15) is 0 Å². The molecule has 0 aromatic carbocycles. The molecule has 4 atom stereocenters. The number of hydrogen-bond acceptors (Lipinski definition) is 7. The number of methoxy groups -OCH3 is 1. The third kappa shape index (κ3) is 5.58. The molecular weight excluding hydrogens is 620 g/mol. The molecule has 0 spiro atoms. The number of H-pyrrole nitrogens is 3. The van der Waals surface area contributed by atoms with Gasteiger partial charge in [0, 0.05) is 56.8 Å². The van der Waals surface area contributed by atoms with Crippen molar-refractivity contribution in [3.63, 3.8) is 0 Å². The molecule has 0 saturated carbocycles. The number of ether oxygens (including phenoxy) is 2. The van der Waals surface area contributed by atoms with Crippen LogP contribution in [0.25, 0.3) is 36.1 Å². The number of rotatable bonds is 8. The Kier molecular flexibility index (Phi) is 9.16. The second-order valence-electron chi connectivity index (χ2n) is 13.0. The number of hydrogen-bond donors (Lipinski definition) is 5. The van der Waals surface area contributed by atoms with E-state index in [9.17, 15) is 19.5 Å². The zero-order chi connectivity index (χ0) is 35.1. The highest BCUT2D eigenvalue weighted by Gasteiger charge is 2.49. The second-order valence-corrected chi connectivity index (χ2v) is 13.0. The standard InChI is InChI=1S/C39H44N4O6/c1-8-11-14-49-32(45)13-12-24-20(5)27-15-26-19(4)22(9-2)29(40-26)17-31-25(18-44)23(10-3)30(41-31)16-28-21(6)33-37(43-28)34(36(24)42-27)35(38(33)46)39(47)48-7/h8-9,11,15-18,20,24,35-36,40-44H,2,10,12-14H2,1,3-7H3/b11-8+,25-18-,27-15-,28-16-,31-17-/t20-,24-,35+,36?/m0/s1. The van der Waals surface area contributed by atoms with Crippen LogP contribution < -0.4 is 26.6 Å². The summed E-state index contributed by atoms with van der Waals surface area (Å²) in [6.45, 7) is 14.2. The van der Waals surface area contributed by atoms with Gasteiger partial charge in [0.1, 0.15) is 12.5 Å². The first-order chi connectivity index (χ1) is 23.6. The zero-order valence-corrected chi connectivity index (χ0v) is 28.9. The monoisotopic (exact) mass is 664 g/mol. The van der Waals surface area contributed by atoms with Gasteiger partial charge in [-0.25, -0.2) is 0 Å². The molecule has 3 aromatic heterocycles. The Bertz CT molecular complexity index is 2190. The lowest BCUT2D eigenvalue weighted by Gasteiger charge is -2.25. The van der Waals surface area contributed by atoms with Crippen LogP contribution in [0.3, 0.4) is 0 Å². The molecule has 3 aliphatic rings. The quantitative estimate of drug-likeness (QED) is 0.141. The number of nitrogens with one attached hydrogen (secondary N) is 4. The van der Waals surface area contributed by atoms with Crippen molar-refractivity contribution in [1.82, 2.24) is 20.3 Å². The number of aromatic nitrogens is 3. The van der Waals surface area contributed by atoms with Gasteiger partial charge >= 0.3 is 11.9 Å². The Morgan fingerprint density at radius 2 is 1.80 bits per heavy atom. The molecule has 3 aromatic rings. The van der Waals surface area contributed by atoms with E-state index < -0.39 is 17.9 Å². The largest absolute Gasteiger partial charge is 0.515 e. The van der Waals surface area contributed by atoms with Gasteiger partial charge < -0.3 is 34.8 Å². The first-order valence-electron chi connectivity index (χ1n) is 16.8. The summed E-state index contributed by atoms with van der Waals surface area (Å²) in [5.74, 6) is -2.62. The summed E-state index contributed by atoms with van der Waals surface area (Å²) in [5.41, 5.74) is 8.01. The summed E-state index contributed by atoms with van der Waals surface area (Å²) in [6.07, 6.45) is 13.8. The number of ketones is 1. The van der Waals surface area contributed by atoms with E-state index in [0.717, 1.165) is 51.1 Å². The molecule has 256 valence electrons. The smallest absolute Gasteiger partial charge is 0.320 e. The second kappa shape index (κ2) is 13.3. The van der Waals surface area contributed by atoms with Gasteiger partial charge in [-0.1, -0.05) is 38.7 Å². The van der Waals surface area contributed by atoms with Gasteiger partial charge in [0.25, 0.3) is 0 Å². The van der Waals surface area contributed by atoms with Gasteiger partial charge in [0.05, 0.1) is 30.1 Å². The van der Waals surface area contributed by atoms with E-state index in [-0.39, 0.29) is 36.6 Å². The SMILES string of the molecule is C=Cc1c2[nH]c(c1C)/C=C1\NC(C3=c4[nH]/c(c(C)c4C(=O)[C@@H]3C(=O)OC)=C\c3[nH]c(/c(=C\O)c3CC)=C\2)[C@@H](CCC(=O)OC/C=C/C)[C@@H]1C. The minimum Gasteiger partial charge on any atom is -0.515 e. The Labute approximate surface area is 284 Å². The van der Waals surface area contributed by atoms with E-state index in [1.54, 1.807) is 6.08 Å². The lowest BCUT2D eigenvalue weighted by Crippen LogP contribution is -2.38. The minimum absolute atomic E-state index is 0.0772. The fourth-order valence-corrected chi connectivity index (χ4v) is 7.81. The first-order valence-corrected chi connectivity index (χ1v) is 16.8. The number of esters is 2. The lowest BCUT2D eigenvalue weighted by atomic mass is 9.80. The van der Waals surface area contributed by atoms with Gasteiger partial charge in [-0.15, -0.1) is 0 Å². The maximum atomic E-state index is 14.2. The Morgan fingerprint density at radius 1 is 1.04 bits per heavy atom. The Balaban J connectivity index is 1.65. The summed E-state index contributed by atoms with van der Waals surface area (Å²) in [6, 6.07) is -0.461. The predicted molar refractivity (Wildman–Crippen MR) is 190 cm³/mol. The number of allylic oxidation sites excluding steroid dienone is 2. The van der Waals surface area contributed by atoms with Gasteiger partial charge in [0.2, 0.25) is 0 Å². The van der Waals surface area contributed by atoms with Crippen molar-refractivity contribution in [3.05, 3.63) is 90.6 Å². The molecule has 10 nitrogen and oxygen atoms in total. The van der Waals surface area contributed by atoms with Gasteiger partial charge in [-0.05, 0) is 80.0 Å². The molecule has 8 bridgehead atoms. The molecule has 1 fully saturated rings. The first kappa shape index (κ1) is 33.6. The number of Topliss-reactive ketones (excluding diaryl/α,β-unsaturated/α-hetero) is 1. The fourth-order valence-electron chi connectivity index (χ4n) is 7.81. The maximum absolute atomic E-state index is 14.2. The highest BCUT2D eigenvalue weighted by Crippen LogP contribution is 2.42. The third-order valence-corrected chi connectivity index (χ3v) is 10.5. The summed E-state index contributed by atoms with van der Waals surface area (Å²) in [5, 5.41) is 16.8. The van der Waals surface area contributed by atoms with Crippen molar-refractivity contribution >= 4 is 53.9 Å². The summed E-state index contributed by atoms with van der Waals surface area (Å²) >= 11 is 0. The van der Waals surface area contributed by atoms with E-state index in [1.807, 2.05) is 52.0 Å². The predicted octanol–water partition coefficient (Wildman–Crippen LogP) is 3.06. The normalized spacial score (nSPS) is 23.8. The number of aliphatic hydroxyl groups excluding tert-OH is 1. The molecule has 5 heterocycles. The highest BCUT2D eigenvalue weighted by molar-refractivity contribution is 6.19. The number of aromatic amines is 3. The summed E-state index contributed by atoms with van der Waals surface area (Å²) < 4.78 is 10.6. The Morgan fingerprint density at radius 3 is 2.47 bits per heavy atom. The molecule has 2 aliphatic heterocycles. The average molecular weight is 665 g/mol. The number of carbonyl (C=O) groups excluding carboxylic acids is 3. The summed E-state index contributed by atoms with van der Waals surface area (Å²) in [7, 11) is 1.30. The van der Waals surface area contributed by atoms with Crippen molar-refractivity contribution in [2.24, 2.45) is 17.8 Å². The van der Waals surface area contributed by atoms with E-state index in [1.165, 1.54) is 7.11 Å². The third-order valence-electron chi connectivity index (χ3n) is 10.5. The molecule has 49 heavy (non-hydrogen) atoms. The number of fused-ring (bicyclic) bond motifs is 8. The fraction of sp³-hybridized carbons (Fsp3) is 0.359. The van der Waals surface area contributed by atoms with Crippen molar-refractivity contribution in [1.29, 1.82) is 0 Å².